The number of amides is 1. The van der Waals surface area contributed by atoms with Gasteiger partial charge >= 0.3 is 0 Å². The molecular weight excluding hydrogens is 368 g/mol. The standard InChI is InChI=1S/C18H27BrN4O/c1-21(12-15-4-2-3-5-17(15)19)18(24)14-22-9-6-16(13-22)23-10-7-20-8-11-23/h2-5,16,20H,6-14H2,1H3. The van der Waals surface area contributed by atoms with Gasteiger partial charge in [-0.3, -0.25) is 14.6 Å². The van der Waals surface area contributed by atoms with Gasteiger partial charge in [0.2, 0.25) is 5.91 Å². The van der Waals surface area contributed by atoms with Crippen molar-refractivity contribution < 1.29 is 4.79 Å². The van der Waals surface area contributed by atoms with Crippen LogP contribution in [0.5, 0.6) is 0 Å². The summed E-state index contributed by atoms with van der Waals surface area (Å²) in [6.45, 7) is 7.67. The molecule has 5 nitrogen and oxygen atoms in total. The molecule has 2 aliphatic heterocycles. The van der Waals surface area contributed by atoms with E-state index in [9.17, 15) is 4.79 Å². The van der Waals surface area contributed by atoms with Crippen LogP contribution in [-0.4, -0.2) is 79.5 Å². The summed E-state index contributed by atoms with van der Waals surface area (Å²) < 4.78 is 1.06. The molecule has 1 unspecified atom stereocenters. The maximum absolute atomic E-state index is 12.5. The van der Waals surface area contributed by atoms with Crippen molar-refractivity contribution in [2.75, 3.05) is 52.9 Å². The van der Waals surface area contributed by atoms with Gasteiger partial charge in [-0.15, -0.1) is 0 Å². The maximum Gasteiger partial charge on any atom is 0.236 e. The first kappa shape index (κ1) is 17.9. The van der Waals surface area contributed by atoms with Crippen LogP contribution < -0.4 is 5.32 Å². The van der Waals surface area contributed by atoms with Crippen molar-refractivity contribution in [3.63, 3.8) is 0 Å². The number of piperazine rings is 1. The van der Waals surface area contributed by atoms with Gasteiger partial charge in [0.1, 0.15) is 0 Å². The average Bonchev–Trinajstić information content (AvgIpc) is 3.06. The molecule has 1 amide bonds. The third-order valence-corrected chi connectivity index (χ3v) is 5.84. The molecule has 3 rings (SSSR count). The second kappa shape index (κ2) is 8.43. The number of nitrogens with zero attached hydrogens (tertiary/aromatic N) is 3. The Balaban J connectivity index is 1.47. The van der Waals surface area contributed by atoms with Crippen molar-refractivity contribution in [2.45, 2.75) is 19.0 Å². The van der Waals surface area contributed by atoms with Gasteiger partial charge in [-0.2, -0.15) is 0 Å². The van der Waals surface area contributed by atoms with Crippen molar-refractivity contribution in [2.24, 2.45) is 0 Å². The van der Waals surface area contributed by atoms with E-state index in [-0.39, 0.29) is 5.91 Å². The predicted molar refractivity (Wildman–Crippen MR) is 99.9 cm³/mol. The van der Waals surface area contributed by atoms with Crippen molar-refractivity contribution in [1.82, 2.24) is 20.0 Å². The fraction of sp³-hybridized carbons (Fsp3) is 0.611. The predicted octanol–water partition coefficient (Wildman–Crippen LogP) is 1.39. The number of hydrogen-bond acceptors (Lipinski definition) is 4. The van der Waals surface area contributed by atoms with Gasteiger partial charge in [0, 0.05) is 63.4 Å². The summed E-state index contributed by atoms with van der Waals surface area (Å²) in [4.78, 5) is 19.3. The second-order valence-electron chi connectivity index (χ2n) is 6.80. The largest absolute Gasteiger partial charge is 0.340 e. The molecule has 1 aromatic carbocycles. The molecule has 6 heteroatoms. The fourth-order valence-electron chi connectivity index (χ4n) is 3.58. The number of halogens is 1. The summed E-state index contributed by atoms with van der Waals surface area (Å²) in [7, 11) is 1.89. The third-order valence-electron chi connectivity index (χ3n) is 5.07. The van der Waals surface area contributed by atoms with E-state index < -0.39 is 0 Å². The maximum atomic E-state index is 12.5. The number of rotatable bonds is 5. The van der Waals surface area contributed by atoms with Crippen molar-refractivity contribution in [3.05, 3.63) is 34.3 Å². The molecular formula is C18H27BrN4O. The molecule has 2 aliphatic rings. The zero-order chi connectivity index (χ0) is 16.9. The van der Waals surface area contributed by atoms with Crippen LogP contribution in [-0.2, 0) is 11.3 Å². The Kier molecular flexibility index (Phi) is 6.27. The van der Waals surface area contributed by atoms with Gasteiger partial charge in [0.05, 0.1) is 6.54 Å². The molecule has 2 heterocycles. The van der Waals surface area contributed by atoms with E-state index in [1.54, 1.807) is 0 Å². The Morgan fingerprint density at radius 2 is 2.04 bits per heavy atom. The highest BCUT2D eigenvalue weighted by atomic mass is 79.9. The Morgan fingerprint density at radius 3 is 2.79 bits per heavy atom. The molecule has 0 aliphatic carbocycles. The minimum atomic E-state index is 0.201. The topological polar surface area (TPSA) is 38.8 Å². The number of carbonyl (C=O) groups excluding carboxylic acids is 1. The lowest BCUT2D eigenvalue weighted by Gasteiger charge is -2.32. The van der Waals surface area contributed by atoms with Crippen molar-refractivity contribution in [1.29, 1.82) is 0 Å². The minimum Gasteiger partial charge on any atom is -0.340 e. The number of likely N-dealkylation sites (tertiary alicyclic amines) is 1. The third kappa shape index (κ3) is 4.57. The van der Waals surface area contributed by atoms with Gasteiger partial charge in [-0.25, -0.2) is 0 Å². The van der Waals surface area contributed by atoms with E-state index in [1.165, 1.54) is 6.42 Å². The van der Waals surface area contributed by atoms with E-state index in [0.717, 1.165) is 49.3 Å². The molecule has 0 aromatic heterocycles. The fourth-order valence-corrected chi connectivity index (χ4v) is 3.99. The van der Waals surface area contributed by atoms with E-state index in [2.05, 4.69) is 37.1 Å². The van der Waals surface area contributed by atoms with Gasteiger partial charge in [0.25, 0.3) is 0 Å². The normalized spacial score (nSPS) is 22.7. The molecule has 0 radical (unpaired) electrons. The summed E-state index contributed by atoms with van der Waals surface area (Å²) >= 11 is 3.55. The van der Waals surface area contributed by atoms with Gasteiger partial charge in [-0.1, -0.05) is 34.1 Å². The number of benzene rings is 1. The summed E-state index contributed by atoms with van der Waals surface area (Å²) in [5.41, 5.74) is 1.15. The number of nitrogens with one attached hydrogen (secondary N) is 1. The Morgan fingerprint density at radius 1 is 1.29 bits per heavy atom. The summed E-state index contributed by atoms with van der Waals surface area (Å²) in [6.07, 6.45) is 1.18. The van der Waals surface area contributed by atoms with E-state index >= 15 is 0 Å². The number of likely N-dealkylation sites (N-methyl/N-ethyl adjacent to an activating group) is 1. The lowest BCUT2D eigenvalue weighted by molar-refractivity contribution is -0.131. The molecule has 1 aromatic rings. The highest BCUT2D eigenvalue weighted by Crippen LogP contribution is 2.19. The lowest BCUT2D eigenvalue weighted by Crippen LogP contribution is -2.49. The highest BCUT2D eigenvalue weighted by molar-refractivity contribution is 9.10. The van der Waals surface area contributed by atoms with Crippen molar-refractivity contribution in [3.8, 4) is 0 Å². The molecule has 24 heavy (non-hydrogen) atoms. The zero-order valence-corrected chi connectivity index (χ0v) is 16.0. The second-order valence-corrected chi connectivity index (χ2v) is 7.66. The number of hydrogen-bond donors (Lipinski definition) is 1. The highest BCUT2D eigenvalue weighted by Gasteiger charge is 2.29. The zero-order valence-electron chi connectivity index (χ0n) is 14.4. The van der Waals surface area contributed by atoms with Crippen LogP contribution in [0, 0.1) is 0 Å². The van der Waals surface area contributed by atoms with Crippen LogP contribution in [0.4, 0.5) is 0 Å². The van der Waals surface area contributed by atoms with Crippen LogP contribution >= 0.6 is 15.9 Å². The molecule has 1 atom stereocenters. The average molecular weight is 395 g/mol. The first-order valence-electron chi connectivity index (χ1n) is 8.78. The Labute approximate surface area is 153 Å². The lowest BCUT2D eigenvalue weighted by atomic mass is 10.2. The van der Waals surface area contributed by atoms with Gasteiger partial charge < -0.3 is 10.2 Å². The first-order chi connectivity index (χ1) is 11.6. The van der Waals surface area contributed by atoms with Crippen LogP contribution in [0.2, 0.25) is 0 Å². The molecule has 1 N–H and O–H groups in total. The van der Waals surface area contributed by atoms with Gasteiger partial charge in [0.15, 0.2) is 0 Å². The summed E-state index contributed by atoms with van der Waals surface area (Å²) in [5, 5.41) is 3.40. The Bertz CT molecular complexity index is 562. The minimum absolute atomic E-state index is 0.201. The molecule has 0 bridgehead atoms. The van der Waals surface area contributed by atoms with Crippen molar-refractivity contribution >= 4 is 21.8 Å². The molecule has 2 fully saturated rings. The Hall–Kier alpha value is -0.950. The van der Waals surface area contributed by atoms with Crippen LogP contribution in [0.15, 0.2) is 28.7 Å². The van der Waals surface area contributed by atoms with Crippen LogP contribution in [0.3, 0.4) is 0 Å². The number of carbonyl (C=O) groups is 1. The first-order valence-corrected chi connectivity index (χ1v) is 9.57. The molecule has 132 valence electrons. The van der Waals surface area contributed by atoms with Crippen LogP contribution in [0.1, 0.15) is 12.0 Å². The van der Waals surface area contributed by atoms with E-state index in [0.29, 0.717) is 19.1 Å². The molecule has 0 spiro atoms. The SMILES string of the molecule is CN(Cc1ccccc1Br)C(=O)CN1CCC(N2CCNCC2)C1. The summed E-state index contributed by atoms with van der Waals surface area (Å²) in [5.74, 6) is 0.201. The quantitative estimate of drug-likeness (QED) is 0.818. The van der Waals surface area contributed by atoms with Crippen LogP contribution in [0.25, 0.3) is 0 Å². The monoisotopic (exact) mass is 394 g/mol. The van der Waals surface area contributed by atoms with E-state index in [1.807, 2.05) is 30.1 Å². The van der Waals surface area contributed by atoms with E-state index in [4.69, 9.17) is 0 Å². The summed E-state index contributed by atoms with van der Waals surface area (Å²) in [6, 6.07) is 8.71. The smallest absolute Gasteiger partial charge is 0.236 e. The molecule has 0 saturated carbocycles. The molecule has 2 saturated heterocycles. The van der Waals surface area contributed by atoms with Gasteiger partial charge in [-0.05, 0) is 18.1 Å².